The van der Waals surface area contributed by atoms with Gasteiger partial charge in [0.2, 0.25) is 5.09 Å². The summed E-state index contributed by atoms with van der Waals surface area (Å²) in [5.74, 6) is 2.10. The smallest absolute Gasteiger partial charge is 0.295 e. The molecule has 9 heteroatoms. The molecule has 0 amide bonds. The Morgan fingerprint density at radius 3 is 2.54 bits per heavy atom. The van der Waals surface area contributed by atoms with E-state index in [9.17, 15) is 8.42 Å². The van der Waals surface area contributed by atoms with Crippen LogP contribution in [0.25, 0.3) is 0 Å². The van der Waals surface area contributed by atoms with Crippen molar-refractivity contribution < 1.29 is 17.6 Å². The summed E-state index contributed by atoms with van der Waals surface area (Å²) in [5.41, 5.74) is 0.410. The Hall–Kier alpha value is -2.81. The highest BCUT2D eigenvalue weighted by Crippen LogP contribution is 2.20. The lowest BCUT2D eigenvalue weighted by Gasteiger charge is -2.08. The van der Waals surface area contributed by atoms with E-state index in [2.05, 4.69) is 14.9 Å². The molecule has 0 aliphatic carbocycles. The van der Waals surface area contributed by atoms with Crippen LogP contribution in [0.2, 0.25) is 0 Å². The summed E-state index contributed by atoms with van der Waals surface area (Å²) in [4.78, 5) is 0. The molecule has 0 aliphatic rings. The molecule has 1 N–H and O–H groups in total. The van der Waals surface area contributed by atoms with Gasteiger partial charge in [-0.25, -0.2) is 0 Å². The van der Waals surface area contributed by atoms with Crippen LogP contribution in [-0.4, -0.2) is 23.2 Å². The summed E-state index contributed by atoms with van der Waals surface area (Å²) in [5, 5.41) is 7.83. The van der Waals surface area contributed by atoms with Crippen molar-refractivity contribution in [3.63, 3.8) is 0 Å². The predicted molar refractivity (Wildman–Crippen MR) is 86.0 cm³/mol. The zero-order chi connectivity index (χ0) is 17.2. The number of benzene rings is 1. The average Bonchev–Trinajstić information content (AvgIpc) is 3.19. The van der Waals surface area contributed by atoms with Crippen molar-refractivity contribution in [2.45, 2.75) is 18.6 Å². The van der Waals surface area contributed by atoms with E-state index < -0.39 is 10.0 Å². The second kappa shape index (κ2) is 6.36. The summed E-state index contributed by atoms with van der Waals surface area (Å²) in [6.45, 7) is 2.13. The van der Waals surface area contributed by atoms with Crippen LogP contribution in [0.15, 0.2) is 52.2 Å². The molecule has 0 saturated carbocycles. The van der Waals surface area contributed by atoms with Gasteiger partial charge in [0, 0.05) is 12.7 Å². The van der Waals surface area contributed by atoms with E-state index in [0.29, 0.717) is 17.3 Å². The molecule has 0 fully saturated rings. The quantitative estimate of drug-likeness (QED) is 0.732. The topological polar surface area (TPSA) is 99.2 Å². The third-order valence-electron chi connectivity index (χ3n) is 3.42. The molecule has 3 rings (SSSR count). The van der Waals surface area contributed by atoms with E-state index in [0.717, 1.165) is 5.82 Å². The summed E-state index contributed by atoms with van der Waals surface area (Å²) in [6.07, 6.45) is 1.31. The molecule has 1 aromatic carbocycles. The summed E-state index contributed by atoms with van der Waals surface area (Å²) >= 11 is 0. The maximum atomic E-state index is 12.0. The van der Waals surface area contributed by atoms with Crippen molar-refractivity contribution >= 4 is 15.7 Å². The summed E-state index contributed by atoms with van der Waals surface area (Å²) < 4.78 is 38.9. The normalized spacial score (nSPS) is 11.4. The van der Waals surface area contributed by atoms with Gasteiger partial charge in [-0.15, -0.1) is 10.2 Å². The van der Waals surface area contributed by atoms with Gasteiger partial charge in [0.1, 0.15) is 18.2 Å². The highest BCUT2D eigenvalue weighted by atomic mass is 32.2. The number of furan rings is 1. The molecular formula is C15H16N4O4S. The van der Waals surface area contributed by atoms with E-state index >= 15 is 0 Å². The first-order chi connectivity index (χ1) is 11.5. The van der Waals surface area contributed by atoms with Crippen LogP contribution >= 0.6 is 0 Å². The molecule has 0 aliphatic heterocycles. The number of hydrogen-bond donors (Lipinski definition) is 1. The van der Waals surface area contributed by atoms with Gasteiger partial charge in [-0.1, -0.05) is 0 Å². The van der Waals surface area contributed by atoms with Gasteiger partial charge in [-0.3, -0.25) is 4.72 Å². The molecule has 2 heterocycles. The maximum absolute atomic E-state index is 12.0. The first-order valence-corrected chi connectivity index (χ1v) is 8.58. The molecule has 0 spiro atoms. The van der Waals surface area contributed by atoms with Gasteiger partial charge in [0.05, 0.1) is 6.26 Å². The van der Waals surface area contributed by atoms with Crippen molar-refractivity contribution in [2.75, 3.05) is 4.72 Å². The van der Waals surface area contributed by atoms with Gasteiger partial charge >= 0.3 is 0 Å². The minimum absolute atomic E-state index is 0.138. The molecular weight excluding hydrogens is 332 g/mol. The lowest BCUT2D eigenvalue weighted by atomic mass is 10.3. The number of sulfonamides is 1. The Labute approximate surface area is 139 Å². The highest BCUT2D eigenvalue weighted by Gasteiger charge is 2.17. The molecule has 8 nitrogen and oxygen atoms in total. The Balaban J connectivity index is 1.64. The Kier molecular flexibility index (Phi) is 4.26. The average molecular weight is 348 g/mol. The van der Waals surface area contributed by atoms with Gasteiger partial charge < -0.3 is 13.7 Å². The highest BCUT2D eigenvalue weighted by molar-refractivity contribution is 7.92. The molecule has 126 valence electrons. The number of nitrogens with one attached hydrogen (secondary N) is 1. The summed E-state index contributed by atoms with van der Waals surface area (Å²) in [6, 6.07) is 9.45. The van der Waals surface area contributed by atoms with E-state index in [1.807, 2.05) is 18.5 Å². The molecule has 24 heavy (non-hydrogen) atoms. The van der Waals surface area contributed by atoms with Crippen molar-refractivity contribution in [3.05, 3.63) is 54.3 Å². The SMILES string of the molecule is Cc1nnc(COc2ccc(NS(=O)(=O)c3ccco3)cc2)n1C. The van der Waals surface area contributed by atoms with Gasteiger partial charge in [-0.05, 0) is 43.3 Å². The zero-order valence-corrected chi connectivity index (χ0v) is 13.9. The second-order valence-electron chi connectivity index (χ2n) is 5.07. The third kappa shape index (κ3) is 3.40. The number of rotatable bonds is 6. The second-order valence-corrected chi connectivity index (χ2v) is 6.69. The van der Waals surface area contributed by atoms with E-state index in [1.165, 1.54) is 18.4 Å². The Morgan fingerprint density at radius 1 is 1.21 bits per heavy atom. The first kappa shape index (κ1) is 16.1. The van der Waals surface area contributed by atoms with Crippen LogP contribution in [0, 0.1) is 6.92 Å². The standard InChI is InChI=1S/C15H16N4O4S/c1-11-16-17-14(19(11)2)10-23-13-7-5-12(6-8-13)18-24(20,21)15-4-3-9-22-15/h3-9,18H,10H2,1-2H3. The molecule has 0 unspecified atom stereocenters. The predicted octanol–water partition coefficient (Wildman–Crippen LogP) is 2.10. The molecule has 3 aromatic rings. The Bertz CT molecular complexity index is 915. The van der Waals surface area contributed by atoms with Gasteiger partial charge in [-0.2, -0.15) is 8.42 Å². The number of anilines is 1. The lowest BCUT2D eigenvalue weighted by Crippen LogP contribution is -2.12. The van der Waals surface area contributed by atoms with Crippen molar-refractivity contribution in [3.8, 4) is 5.75 Å². The lowest BCUT2D eigenvalue weighted by molar-refractivity contribution is 0.291. The molecule has 0 bridgehead atoms. The number of ether oxygens (including phenoxy) is 1. The van der Waals surface area contributed by atoms with Crippen LogP contribution in [0.5, 0.6) is 5.75 Å². The van der Waals surface area contributed by atoms with Crippen molar-refractivity contribution in [1.82, 2.24) is 14.8 Å². The van der Waals surface area contributed by atoms with Crippen molar-refractivity contribution in [2.24, 2.45) is 7.05 Å². The zero-order valence-electron chi connectivity index (χ0n) is 13.1. The summed E-state index contributed by atoms with van der Waals surface area (Å²) in [7, 11) is -1.86. The monoisotopic (exact) mass is 348 g/mol. The van der Waals surface area contributed by atoms with Gasteiger partial charge in [0.25, 0.3) is 10.0 Å². The fraction of sp³-hybridized carbons (Fsp3) is 0.200. The third-order valence-corrected chi connectivity index (χ3v) is 4.68. The number of hydrogen-bond acceptors (Lipinski definition) is 6. The first-order valence-electron chi connectivity index (χ1n) is 7.10. The largest absolute Gasteiger partial charge is 0.486 e. The molecule has 0 saturated heterocycles. The van der Waals surface area contributed by atoms with Crippen LogP contribution < -0.4 is 9.46 Å². The fourth-order valence-electron chi connectivity index (χ4n) is 1.97. The minimum Gasteiger partial charge on any atom is -0.486 e. The van der Waals surface area contributed by atoms with Crippen LogP contribution in [-0.2, 0) is 23.7 Å². The molecule has 2 aromatic heterocycles. The number of nitrogens with zero attached hydrogens (tertiary/aromatic N) is 3. The van der Waals surface area contributed by atoms with Crippen LogP contribution in [0.1, 0.15) is 11.6 Å². The minimum atomic E-state index is -3.72. The number of aryl methyl sites for hydroxylation is 1. The van der Waals surface area contributed by atoms with E-state index in [-0.39, 0.29) is 11.7 Å². The van der Waals surface area contributed by atoms with E-state index in [1.54, 1.807) is 24.3 Å². The van der Waals surface area contributed by atoms with E-state index in [4.69, 9.17) is 9.15 Å². The van der Waals surface area contributed by atoms with Gasteiger partial charge in [0.15, 0.2) is 5.82 Å². The number of aromatic nitrogens is 3. The van der Waals surface area contributed by atoms with Crippen LogP contribution in [0.3, 0.4) is 0 Å². The molecule has 0 radical (unpaired) electrons. The van der Waals surface area contributed by atoms with Crippen LogP contribution in [0.4, 0.5) is 5.69 Å². The Morgan fingerprint density at radius 2 is 1.96 bits per heavy atom. The molecule has 0 atom stereocenters. The maximum Gasteiger partial charge on any atom is 0.295 e. The fourth-order valence-corrected chi connectivity index (χ4v) is 2.95. The van der Waals surface area contributed by atoms with Crippen molar-refractivity contribution in [1.29, 1.82) is 0 Å².